The molecule has 0 aliphatic carbocycles. The summed E-state index contributed by atoms with van der Waals surface area (Å²) in [7, 11) is 0. The van der Waals surface area contributed by atoms with Gasteiger partial charge in [-0.3, -0.25) is 0 Å². The van der Waals surface area contributed by atoms with E-state index in [1.807, 2.05) is 24.3 Å². The highest BCUT2D eigenvalue weighted by molar-refractivity contribution is 9.10. The summed E-state index contributed by atoms with van der Waals surface area (Å²) in [6.07, 6.45) is 0. The van der Waals surface area contributed by atoms with Crippen molar-refractivity contribution in [1.29, 1.82) is 0 Å². The van der Waals surface area contributed by atoms with Crippen LogP contribution in [0.4, 0.5) is 5.69 Å². The summed E-state index contributed by atoms with van der Waals surface area (Å²) in [5, 5.41) is 0. The van der Waals surface area contributed by atoms with E-state index in [2.05, 4.69) is 40.8 Å². The molecule has 0 amide bonds. The number of H-pyrrole nitrogens is 1. The Balaban J connectivity index is 2.22. The first-order valence-electron chi connectivity index (χ1n) is 6.07. The summed E-state index contributed by atoms with van der Waals surface area (Å²) >= 11 is 3.58. The van der Waals surface area contributed by atoms with E-state index >= 15 is 0 Å². The van der Waals surface area contributed by atoms with Gasteiger partial charge in [-0.15, -0.1) is 0 Å². The third-order valence-electron chi connectivity index (χ3n) is 3.46. The maximum Gasteiger partial charge on any atom is 0.138 e. The van der Waals surface area contributed by atoms with Crippen LogP contribution < -0.4 is 5.73 Å². The molecule has 3 rings (SSSR count). The SMILES string of the molecule is Cc1c(Br)cc2[nH]c(-c3ccc(N)cc3)nc2c1C. The standard InChI is InChI=1S/C15H14BrN3/c1-8-9(2)14-13(7-12(8)16)18-15(19-14)10-3-5-11(17)6-4-10/h3-7H,17H2,1-2H3,(H,18,19). The lowest BCUT2D eigenvalue weighted by Gasteiger charge is -2.02. The highest BCUT2D eigenvalue weighted by Crippen LogP contribution is 2.29. The van der Waals surface area contributed by atoms with Crippen molar-refractivity contribution in [1.82, 2.24) is 9.97 Å². The molecule has 4 heteroatoms. The molecule has 96 valence electrons. The fraction of sp³-hybridized carbons (Fsp3) is 0.133. The van der Waals surface area contributed by atoms with Crippen molar-refractivity contribution in [2.45, 2.75) is 13.8 Å². The molecule has 0 radical (unpaired) electrons. The van der Waals surface area contributed by atoms with Gasteiger partial charge in [-0.05, 0) is 55.3 Å². The van der Waals surface area contributed by atoms with Crippen molar-refractivity contribution in [2.24, 2.45) is 0 Å². The Morgan fingerprint density at radius 2 is 1.79 bits per heavy atom. The number of hydrogen-bond donors (Lipinski definition) is 2. The smallest absolute Gasteiger partial charge is 0.138 e. The van der Waals surface area contributed by atoms with Crippen molar-refractivity contribution < 1.29 is 0 Å². The maximum absolute atomic E-state index is 5.71. The molecule has 0 spiro atoms. The van der Waals surface area contributed by atoms with E-state index in [0.29, 0.717) is 0 Å². The Morgan fingerprint density at radius 3 is 2.47 bits per heavy atom. The Bertz CT molecular complexity index is 757. The number of fused-ring (bicyclic) bond motifs is 1. The molecule has 1 aromatic heterocycles. The number of nitrogens with zero attached hydrogens (tertiary/aromatic N) is 1. The number of benzene rings is 2. The molecule has 0 aliphatic heterocycles. The summed E-state index contributed by atoms with van der Waals surface area (Å²) in [6.45, 7) is 4.19. The molecule has 3 aromatic rings. The van der Waals surface area contributed by atoms with Gasteiger partial charge in [0.15, 0.2) is 0 Å². The minimum absolute atomic E-state index is 0.759. The zero-order chi connectivity index (χ0) is 13.6. The molecular formula is C15H14BrN3. The van der Waals surface area contributed by atoms with Crippen molar-refractivity contribution in [2.75, 3.05) is 5.73 Å². The first kappa shape index (κ1) is 12.2. The number of nitrogens with one attached hydrogen (secondary N) is 1. The van der Waals surface area contributed by atoms with E-state index in [9.17, 15) is 0 Å². The molecule has 0 fully saturated rings. The van der Waals surface area contributed by atoms with Gasteiger partial charge in [-0.25, -0.2) is 4.98 Å². The van der Waals surface area contributed by atoms with E-state index in [0.717, 1.165) is 32.6 Å². The zero-order valence-electron chi connectivity index (χ0n) is 10.8. The van der Waals surface area contributed by atoms with Crippen LogP contribution in [0.25, 0.3) is 22.4 Å². The number of anilines is 1. The first-order valence-corrected chi connectivity index (χ1v) is 6.87. The third kappa shape index (κ3) is 2.02. The predicted octanol–water partition coefficient (Wildman–Crippen LogP) is 4.19. The van der Waals surface area contributed by atoms with Gasteiger partial charge in [0.05, 0.1) is 11.0 Å². The molecule has 0 saturated heterocycles. The maximum atomic E-state index is 5.71. The van der Waals surface area contributed by atoms with Crippen molar-refractivity contribution >= 4 is 32.7 Å². The van der Waals surface area contributed by atoms with Gasteiger partial charge in [-0.1, -0.05) is 15.9 Å². The fourth-order valence-electron chi connectivity index (χ4n) is 2.15. The Labute approximate surface area is 120 Å². The van der Waals surface area contributed by atoms with E-state index in [1.54, 1.807) is 0 Å². The van der Waals surface area contributed by atoms with Crippen LogP contribution in [-0.2, 0) is 0 Å². The lowest BCUT2D eigenvalue weighted by Crippen LogP contribution is -1.85. The molecular weight excluding hydrogens is 302 g/mol. The van der Waals surface area contributed by atoms with Crippen molar-refractivity contribution in [3.63, 3.8) is 0 Å². The average Bonchev–Trinajstić information content (AvgIpc) is 2.81. The molecule has 0 aliphatic rings. The molecule has 0 unspecified atom stereocenters. The van der Waals surface area contributed by atoms with Crippen LogP contribution in [0.5, 0.6) is 0 Å². The van der Waals surface area contributed by atoms with E-state index in [-0.39, 0.29) is 0 Å². The molecule has 0 bridgehead atoms. The quantitative estimate of drug-likeness (QED) is 0.661. The summed E-state index contributed by atoms with van der Waals surface area (Å²) < 4.78 is 1.10. The van der Waals surface area contributed by atoms with E-state index in [1.165, 1.54) is 11.1 Å². The monoisotopic (exact) mass is 315 g/mol. The largest absolute Gasteiger partial charge is 0.399 e. The first-order chi connectivity index (χ1) is 9.06. The van der Waals surface area contributed by atoms with Gasteiger partial charge in [0, 0.05) is 15.7 Å². The normalized spacial score (nSPS) is 11.1. The van der Waals surface area contributed by atoms with Gasteiger partial charge >= 0.3 is 0 Å². The zero-order valence-corrected chi connectivity index (χ0v) is 12.4. The fourth-order valence-corrected chi connectivity index (χ4v) is 2.67. The van der Waals surface area contributed by atoms with Crippen LogP contribution in [0, 0.1) is 13.8 Å². The number of aromatic nitrogens is 2. The second-order valence-electron chi connectivity index (χ2n) is 4.71. The van der Waals surface area contributed by atoms with E-state index in [4.69, 9.17) is 10.7 Å². The number of rotatable bonds is 1. The van der Waals surface area contributed by atoms with Crippen LogP contribution in [0.2, 0.25) is 0 Å². The second-order valence-corrected chi connectivity index (χ2v) is 5.57. The van der Waals surface area contributed by atoms with Crippen LogP contribution in [0.3, 0.4) is 0 Å². The Hall–Kier alpha value is -1.81. The highest BCUT2D eigenvalue weighted by Gasteiger charge is 2.11. The number of imidazole rings is 1. The second kappa shape index (κ2) is 4.38. The summed E-state index contributed by atoms with van der Waals surface area (Å²) in [4.78, 5) is 8.06. The van der Waals surface area contributed by atoms with Gasteiger partial charge in [0.1, 0.15) is 5.82 Å². The molecule has 19 heavy (non-hydrogen) atoms. The number of nitrogens with two attached hydrogens (primary N) is 1. The van der Waals surface area contributed by atoms with Crippen LogP contribution >= 0.6 is 15.9 Å². The number of nitrogen functional groups attached to an aromatic ring is 1. The molecule has 0 atom stereocenters. The molecule has 0 saturated carbocycles. The Kier molecular flexibility index (Phi) is 2.82. The summed E-state index contributed by atoms with van der Waals surface area (Å²) in [6, 6.07) is 9.80. The van der Waals surface area contributed by atoms with Gasteiger partial charge < -0.3 is 10.7 Å². The number of halogens is 1. The van der Waals surface area contributed by atoms with Crippen LogP contribution in [-0.4, -0.2) is 9.97 Å². The number of hydrogen-bond acceptors (Lipinski definition) is 2. The lowest BCUT2D eigenvalue weighted by molar-refractivity contribution is 1.31. The van der Waals surface area contributed by atoms with Crippen LogP contribution in [0.15, 0.2) is 34.8 Å². The molecule has 3 N–H and O–H groups in total. The molecule has 1 heterocycles. The summed E-state index contributed by atoms with van der Waals surface area (Å²) in [5.74, 6) is 0.871. The lowest BCUT2D eigenvalue weighted by atomic mass is 10.1. The van der Waals surface area contributed by atoms with Gasteiger partial charge in [0.25, 0.3) is 0 Å². The van der Waals surface area contributed by atoms with Gasteiger partial charge in [-0.2, -0.15) is 0 Å². The summed E-state index contributed by atoms with van der Waals surface area (Å²) in [5.41, 5.74) is 12.0. The topological polar surface area (TPSA) is 54.7 Å². The number of aromatic amines is 1. The number of aryl methyl sites for hydroxylation is 1. The third-order valence-corrected chi connectivity index (χ3v) is 4.29. The minimum atomic E-state index is 0.759. The average molecular weight is 316 g/mol. The molecule has 2 aromatic carbocycles. The van der Waals surface area contributed by atoms with Crippen molar-refractivity contribution in [3.05, 3.63) is 45.9 Å². The Morgan fingerprint density at radius 1 is 1.11 bits per heavy atom. The van der Waals surface area contributed by atoms with E-state index < -0.39 is 0 Å². The predicted molar refractivity (Wildman–Crippen MR) is 83.1 cm³/mol. The van der Waals surface area contributed by atoms with Crippen molar-refractivity contribution in [3.8, 4) is 11.4 Å². The highest BCUT2D eigenvalue weighted by atomic mass is 79.9. The van der Waals surface area contributed by atoms with Gasteiger partial charge in [0.2, 0.25) is 0 Å². The molecule has 3 nitrogen and oxygen atoms in total. The minimum Gasteiger partial charge on any atom is -0.399 e. The van der Waals surface area contributed by atoms with Crippen LogP contribution in [0.1, 0.15) is 11.1 Å².